The number of morpholine rings is 1. The normalized spacial score (nSPS) is 22.7. The Kier molecular flexibility index (Phi) is 6.14. The molecule has 4 nitrogen and oxygen atoms in total. The Bertz CT molecular complexity index is 596. The maximum atomic E-state index is 12.6. The number of nitrogens with zero attached hydrogens (tertiary/aromatic N) is 1. The lowest BCUT2D eigenvalue weighted by molar-refractivity contribution is -0.0375. The van der Waals surface area contributed by atoms with Crippen LogP contribution in [0.25, 0.3) is 0 Å². The van der Waals surface area contributed by atoms with Crippen molar-refractivity contribution < 1.29 is 14.3 Å². The van der Waals surface area contributed by atoms with E-state index in [2.05, 4.69) is 19.9 Å². The summed E-state index contributed by atoms with van der Waals surface area (Å²) < 4.78 is 11.2. The second kappa shape index (κ2) is 8.52. The highest BCUT2D eigenvalue weighted by molar-refractivity contribution is 5.69. The van der Waals surface area contributed by atoms with E-state index in [1.165, 1.54) is 18.4 Å². The molecule has 2 unspecified atom stereocenters. The predicted octanol–water partition coefficient (Wildman–Crippen LogP) is 4.55. The molecule has 0 radical (unpaired) electrons. The average molecular weight is 343 g/mol. The highest BCUT2D eigenvalue weighted by atomic mass is 16.6. The zero-order chi connectivity index (χ0) is 17.6. The lowest BCUT2D eigenvalue weighted by Crippen LogP contribution is -2.56. The molecule has 2 aliphatic heterocycles. The quantitative estimate of drug-likeness (QED) is 0.711. The van der Waals surface area contributed by atoms with Crippen molar-refractivity contribution in [2.45, 2.75) is 58.2 Å². The van der Waals surface area contributed by atoms with Gasteiger partial charge in [0.15, 0.2) is 0 Å². The largest absolute Gasteiger partial charge is 0.445 e. The molecule has 1 aromatic rings. The van der Waals surface area contributed by atoms with E-state index in [1.807, 2.05) is 35.2 Å². The molecule has 4 heteroatoms. The monoisotopic (exact) mass is 343 g/mol. The third-order valence-electron chi connectivity index (χ3n) is 4.97. The Labute approximate surface area is 150 Å². The molecule has 136 valence electrons. The fourth-order valence-corrected chi connectivity index (χ4v) is 3.69. The number of rotatable bonds is 6. The third-order valence-corrected chi connectivity index (χ3v) is 4.97. The number of benzene rings is 1. The molecule has 0 saturated carbocycles. The first-order valence-electron chi connectivity index (χ1n) is 9.40. The summed E-state index contributed by atoms with van der Waals surface area (Å²) in [4.78, 5) is 14.5. The maximum Gasteiger partial charge on any atom is 0.411 e. The Balaban J connectivity index is 1.58. The van der Waals surface area contributed by atoms with Crippen molar-refractivity contribution in [2.24, 2.45) is 5.92 Å². The molecule has 1 amide bonds. The van der Waals surface area contributed by atoms with Crippen molar-refractivity contribution in [1.29, 1.82) is 0 Å². The number of carbonyl (C=O) groups is 1. The van der Waals surface area contributed by atoms with Crippen LogP contribution in [0, 0.1) is 5.92 Å². The van der Waals surface area contributed by atoms with Gasteiger partial charge in [-0.05, 0) is 30.7 Å². The standard InChI is InChI=1S/C21H29NO3/c1-16(2)7-6-10-18-11-19-14-24-15-20(12-18)22(19)21(23)25-13-17-8-4-3-5-9-17/h3-5,8-9,11,16,19-20H,6-7,10,12-15H2,1-2H3. The van der Waals surface area contributed by atoms with Crippen LogP contribution >= 0.6 is 0 Å². The van der Waals surface area contributed by atoms with Crippen LogP contribution in [-0.2, 0) is 16.1 Å². The second-order valence-electron chi connectivity index (χ2n) is 7.52. The van der Waals surface area contributed by atoms with Crippen LogP contribution in [0.4, 0.5) is 4.79 Å². The lowest BCUT2D eigenvalue weighted by Gasteiger charge is -2.43. The topological polar surface area (TPSA) is 38.8 Å². The molecular weight excluding hydrogens is 314 g/mol. The van der Waals surface area contributed by atoms with Gasteiger partial charge in [-0.2, -0.15) is 0 Å². The van der Waals surface area contributed by atoms with Crippen molar-refractivity contribution in [3.05, 3.63) is 47.5 Å². The summed E-state index contributed by atoms with van der Waals surface area (Å²) >= 11 is 0. The average Bonchev–Trinajstić information content (AvgIpc) is 2.59. The highest BCUT2D eigenvalue weighted by Gasteiger charge is 2.38. The van der Waals surface area contributed by atoms with E-state index in [0.717, 1.165) is 24.3 Å². The van der Waals surface area contributed by atoms with Gasteiger partial charge in [0.2, 0.25) is 0 Å². The van der Waals surface area contributed by atoms with Crippen molar-refractivity contribution in [3.63, 3.8) is 0 Å². The molecule has 0 spiro atoms. The fourth-order valence-electron chi connectivity index (χ4n) is 3.69. The number of hydrogen-bond acceptors (Lipinski definition) is 3. The van der Waals surface area contributed by atoms with E-state index in [1.54, 1.807) is 0 Å². The summed E-state index contributed by atoms with van der Waals surface area (Å²) in [6, 6.07) is 9.95. The summed E-state index contributed by atoms with van der Waals surface area (Å²) in [7, 11) is 0. The van der Waals surface area contributed by atoms with Crippen molar-refractivity contribution >= 4 is 6.09 Å². The Hall–Kier alpha value is -1.81. The smallest absolute Gasteiger partial charge is 0.411 e. The predicted molar refractivity (Wildman–Crippen MR) is 98.3 cm³/mol. The molecule has 1 aromatic carbocycles. The minimum atomic E-state index is -0.223. The molecule has 1 fully saturated rings. The number of hydrogen-bond donors (Lipinski definition) is 0. The van der Waals surface area contributed by atoms with Gasteiger partial charge >= 0.3 is 6.09 Å². The van der Waals surface area contributed by atoms with Crippen molar-refractivity contribution in [1.82, 2.24) is 4.90 Å². The van der Waals surface area contributed by atoms with Crippen LogP contribution in [0.1, 0.15) is 45.1 Å². The van der Waals surface area contributed by atoms with E-state index >= 15 is 0 Å². The Morgan fingerprint density at radius 3 is 2.80 bits per heavy atom. The van der Waals surface area contributed by atoms with Crippen LogP contribution in [-0.4, -0.2) is 36.3 Å². The number of amides is 1. The summed E-state index contributed by atoms with van der Waals surface area (Å²) in [6.07, 6.45) is 6.54. The zero-order valence-corrected chi connectivity index (χ0v) is 15.3. The van der Waals surface area contributed by atoms with E-state index in [-0.39, 0.29) is 18.2 Å². The first-order valence-corrected chi connectivity index (χ1v) is 9.40. The summed E-state index contributed by atoms with van der Waals surface area (Å²) in [6.45, 7) is 6.04. The molecular formula is C21H29NO3. The summed E-state index contributed by atoms with van der Waals surface area (Å²) in [5, 5.41) is 0. The van der Waals surface area contributed by atoms with Crippen LogP contribution in [0.2, 0.25) is 0 Å². The minimum absolute atomic E-state index is 0.0184. The first kappa shape index (κ1) is 18.0. The SMILES string of the molecule is CC(C)CCCC1=CC2COCC(C1)N2C(=O)OCc1ccccc1. The molecule has 2 bridgehead atoms. The highest BCUT2D eigenvalue weighted by Crippen LogP contribution is 2.30. The molecule has 2 aliphatic rings. The molecule has 1 saturated heterocycles. The van der Waals surface area contributed by atoms with Gasteiger partial charge in [0.1, 0.15) is 6.61 Å². The van der Waals surface area contributed by atoms with Gasteiger partial charge in [0.25, 0.3) is 0 Å². The number of carbonyl (C=O) groups excluding carboxylic acids is 1. The van der Waals surface area contributed by atoms with E-state index < -0.39 is 0 Å². The van der Waals surface area contributed by atoms with Gasteiger partial charge in [-0.25, -0.2) is 4.79 Å². The van der Waals surface area contributed by atoms with Gasteiger partial charge in [0.05, 0.1) is 25.3 Å². The molecule has 25 heavy (non-hydrogen) atoms. The molecule has 0 aliphatic carbocycles. The van der Waals surface area contributed by atoms with Gasteiger partial charge in [-0.1, -0.05) is 62.2 Å². The molecule has 3 rings (SSSR count). The summed E-state index contributed by atoms with van der Waals surface area (Å²) in [5.74, 6) is 0.747. The van der Waals surface area contributed by atoms with E-state index in [9.17, 15) is 4.79 Å². The maximum absolute atomic E-state index is 12.6. The van der Waals surface area contributed by atoms with Crippen LogP contribution < -0.4 is 0 Å². The van der Waals surface area contributed by atoms with Gasteiger partial charge in [-0.15, -0.1) is 0 Å². The summed E-state index contributed by atoms with van der Waals surface area (Å²) in [5.41, 5.74) is 2.49. The minimum Gasteiger partial charge on any atom is -0.445 e. The Morgan fingerprint density at radius 2 is 2.08 bits per heavy atom. The van der Waals surface area contributed by atoms with Crippen molar-refractivity contribution in [2.75, 3.05) is 13.2 Å². The molecule has 2 heterocycles. The third kappa shape index (κ3) is 4.85. The van der Waals surface area contributed by atoms with E-state index in [0.29, 0.717) is 19.8 Å². The lowest BCUT2D eigenvalue weighted by atomic mass is 9.90. The van der Waals surface area contributed by atoms with Crippen LogP contribution in [0.5, 0.6) is 0 Å². The van der Waals surface area contributed by atoms with E-state index in [4.69, 9.17) is 9.47 Å². The second-order valence-corrected chi connectivity index (χ2v) is 7.52. The van der Waals surface area contributed by atoms with Crippen LogP contribution in [0.15, 0.2) is 42.0 Å². The van der Waals surface area contributed by atoms with Gasteiger partial charge < -0.3 is 9.47 Å². The van der Waals surface area contributed by atoms with Crippen LogP contribution in [0.3, 0.4) is 0 Å². The molecule has 0 N–H and O–H groups in total. The number of fused-ring (bicyclic) bond motifs is 2. The number of ether oxygens (including phenoxy) is 2. The molecule has 2 atom stereocenters. The molecule has 0 aromatic heterocycles. The first-order chi connectivity index (χ1) is 12.1. The van der Waals surface area contributed by atoms with Crippen molar-refractivity contribution in [3.8, 4) is 0 Å². The van der Waals surface area contributed by atoms with Gasteiger partial charge in [0, 0.05) is 0 Å². The van der Waals surface area contributed by atoms with Gasteiger partial charge in [-0.3, -0.25) is 4.90 Å². The zero-order valence-electron chi connectivity index (χ0n) is 15.3. The fraction of sp³-hybridized carbons (Fsp3) is 0.571. The Morgan fingerprint density at radius 1 is 1.28 bits per heavy atom.